The molecular weight excluding hydrogens is 268 g/mol. The Kier molecular flexibility index (Phi) is 3.76. The third-order valence-electron chi connectivity index (χ3n) is 4.45. The maximum atomic E-state index is 2.24. The van der Waals surface area contributed by atoms with Crippen molar-refractivity contribution in [1.29, 1.82) is 0 Å². The lowest BCUT2D eigenvalue weighted by atomic mass is 10.2. The fourth-order valence-corrected chi connectivity index (χ4v) is 2.85. The minimum absolute atomic E-state index is 1.33. The van der Waals surface area contributed by atoms with Gasteiger partial charge in [-0.15, -0.1) is 46.5 Å². The van der Waals surface area contributed by atoms with Crippen LogP contribution in [0.5, 0.6) is 0 Å². The quantitative estimate of drug-likeness (QED) is 0.339. The third kappa shape index (κ3) is 2.52. The van der Waals surface area contributed by atoms with Crippen molar-refractivity contribution in [1.82, 2.24) is 4.57 Å². The van der Waals surface area contributed by atoms with Gasteiger partial charge in [0.15, 0.2) is 0 Å². The van der Waals surface area contributed by atoms with E-state index in [1.807, 2.05) is 0 Å². The number of hydrogen-bond acceptors (Lipinski definition) is 0. The second kappa shape index (κ2) is 5.72. The zero-order valence-electron chi connectivity index (χ0n) is 13.7. The first-order valence-corrected chi connectivity index (χ1v) is 7.59. The number of benzene rings is 2. The Balaban J connectivity index is 0.000000142. The minimum Gasteiger partial charge on any atom is -0.237 e. The van der Waals surface area contributed by atoms with Crippen LogP contribution < -0.4 is 4.57 Å². The van der Waals surface area contributed by atoms with Gasteiger partial charge in [0.25, 0.3) is 0 Å². The molecule has 4 aromatic rings. The summed E-state index contributed by atoms with van der Waals surface area (Å²) in [4.78, 5) is 0. The Bertz CT molecular complexity index is 853. The van der Waals surface area contributed by atoms with Crippen molar-refractivity contribution in [3.63, 3.8) is 0 Å². The number of hydrogen-bond donors (Lipinski definition) is 0. The van der Waals surface area contributed by atoms with E-state index >= 15 is 0 Å². The molecule has 22 heavy (non-hydrogen) atoms. The molecule has 4 rings (SSSR count). The molecule has 0 fully saturated rings. The second-order valence-corrected chi connectivity index (χ2v) is 5.83. The lowest BCUT2D eigenvalue weighted by Crippen LogP contribution is -2.28. The summed E-state index contributed by atoms with van der Waals surface area (Å²) in [6.07, 6.45) is 2.07. The van der Waals surface area contributed by atoms with Crippen LogP contribution in [-0.2, 0) is 14.1 Å². The Labute approximate surface area is 131 Å². The van der Waals surface area contributed by atoms with E-state index in [0.29, 0.717) is 0 Å². The molecule has 1 aromatic heterocycles. The summed E-state index contributed by atoms with van der Waals surface area (Å²) in [5.41, 5.74) is 2.66. The van der Waals surface area contributed by atoms with E-state index in [-0.39, 0.29) is 0 Å². The SMILES string of the molecule is Cc1c(C)[n+](C)cn1C.c1ccc2c(c1)c[c-]1ccccc21. The van der Waals surface area contributed by atoms with Gasteiger partial charge in [-0.05, 0) is 0 Å². The normalized spacial score (nSPS) is 10.7. The van der Waals surface area contributed by atoms with Crippen LogP contribution in [0.3, 0.4) is 0 Å². The van der Waals surface area contributed by atoms with Gasteiger partial charge < -0.3 is 0 Å². The first-order chi connectivity index (χ1) is 10.6. The minimum atomic E-state index is 1.33. The van der Waals surface area contributed by atoms with Gasteiger partial charge in [0, 0.05) is 13.8 Å². The van der Waals surface area contributed by atoms with Crippen LogP contribution >= 0.6 is 0 Å². The van der Waals surface area contributed by atoms with E-state index in [1.54, 1.807) is 0 Å². The van der Waals surface area contributed by atoms with Gasteiger partial charge in [0.05, 0.1) is 14.1 Å². The molecule has 112 valence electrons. The van der Waals surface area contributed by atoms with Crippen LogP contribution in [0.15, 0.2) is 60.9 Å². The topological polar surface area (TPSA) is 8.81 Å². The number of aryl methyl sites for hydroxylation is 2. The number of aromatic nitrogens is 2. The molecular formula is C20H22N2. The first kappa shape index (κ1) is 14.5. The summed E-state index contributed by atoms with van der Waals surface area (Å²) in [7, 11) is 4.12. The Morgan fingerprint density at radius 3 is 2.36 bits per heavy atom. The van der Waals surface area contributed by atoms with E-state index in [4.69, 9.17) is 0 Å². The fraction of sp³-hybridized carbons (Fsp3) is 0.200. The van der Waals surface area contributed by atoms with Crippen molar-refractivity contribution >= 4 is 21.5 Å². The van der Waals surface area contributed by atoms with E-state index in [2.05, 4.69) is 98.0 Å². The van der Waals surface area contributed by atoms with Crippen molar-refractivity contribution < 1.29 is 4.57 Å². The highest BCUT2D eigenvalue weighted by Gasteiger charge is 2.07. The lowest BCUT2D eigenvalue weighted by molar-refractivity contribution is -0.677. The molecule has 0 unspecified atom stereocenters. The van der Waals surface area contributed by atoms with E-state index < -0.39 is 0 Å². The average molecular weight is 290 g/mol. The van der Waals surface area contributed by atoms with E-state index in [0.717, 1.165) is 0 Å². The maximum absolute atomic E-state index is 2.24. The van der Waals surface area contributed by atoms with Gasteiger partial charge in [-0.1, -0.05) is 29.7 Å². The Morgan fingerprint density at radius 1 is 1.00 bits per heavy atom. The highest BCUT2D eigenvalue weighted by atomic mass is 15.1. The van der Waals surface area contributed by atoms with Crippen molar-refractivity contribution in [3.8, 4) is 0 Å². The molecule has 0 aliphatic rings. The van der Waals surface area contributed by atoms with Crippen LogP contribution in [0.4, 0.5) is 0 Å². The van der Waals surface area contributed by atoms with Crippen LogP contribution in [-0.4, -0.2) is 4.57 Å². The molecule has 0 saturated carbocycles. The molecule has 3 aromatic carbocycles. The Hall–Kier alpha value is -2.48. The maximum Gasteiger partial charge on any atom is 0.243 e. The summed E-state index contributed by atoms with van der Waals surface area (Å²) in [6.45, 7) is 4.24. The molecule has 2 nitrogen and oxygen atoms in total. The van der Waals surface area contributed by atoms with Gasteiger partial charge >= 0.3 is 0 Å². The summed E-state index contributed by atoms with van der Waals surface area (Å²) in [5, 5.41) is 5.39. The van der Waals surface area contributed by atoms with Gasteiger partial charge in [0.2, 0.25) is 6.33 Å². The molecule has 2 heteroatoms. The summed E-state index contributed by atoms with van der Waals surface area (Å²) < 4.78 is 4.24. The molecule has 0 radical (unpaired) electrons. The molecule has 0 N–H and O–H groups in total. The van der Waals surface area contributed by atoms with E-state index in [9.17, 15) is 0 Å². The van der Waals surface area contributed by atoms with Crippen LogP contribution in [0.25, 0.3) is 21.5 Å². The molecule has 0 atom stereocenters. The second-order valence-electron chi connectivity index (χ2n) is 5.83. The average Bonchev–Trinajstić information content (AvgIpc) is 3.01. The molecule has 0 saturated heterocycles. The van der Waals surface area contributed by atoms with Crippen molar-refractivity contribution in [2.45, 2.75) is 13.8 Å². The van der Waals surface area contributed by atoms with Crippen LogP contribution in [0.1, 0.15) is 11.4 Å². The molecule has 0 spiro atoms. The summed E-state index contributed by atoms with van der Waals surface area (Å²) in [5.74, 6) is 0. The third-order valence-corrected chi connectivity index (χ3v) is 4.45. The van der Waals surface area contributed by atoms with Crippen LogP contribution in [0.2, 0.25) is 0 Å². The zero-order chi connectivity index (χ0) is 15.7. The smallest absolute Gasteiger partial charge is 0.237 e. The number of imidazole rings is 1. The van der Waals surface area contributed by atoms with Gasteiger partial charge in [-0.3, -0.25) is 0 Å². The monoisotopic (exact) mass is 290 g/mol. The van der Waals surface area contributed by atoms with Gasteiger partial charge in [0.1, 0.15) is 11.4 Å². The molecule has 0 bridgehead atoms. The molecule has 0 aliphatic carbocycles. The van der Waals surface area contributed by atoms with Crippen molar-refractivity contribution in [2.75, 3.05) is 0 Å². The first-order valence-electron chi connectivity index (χ1n) is 7.59. The number of nitrogens with zero attached hydrogens (tertiary/aromatic N) is 2. The lowest BCUT2D eigenvalue weighted by Gasteiger charge is -1.97. The standard InChI is InChI=1S/C13H9.C7H13N2/c1-3-7-12-10(5-1)9-11-6-2-4-8-13(11)12;1-6-7(2)9(4)5-8(6)3/h1-9H;5H,1-4H3/q-1;+1. The number of rotatable bonds is 0. The zero-order valence-corrected chi connectivity index (χ0v) is 13.7. The summed E-state index contributed by atoms with van der Waals surface area (Å²) >= 11 is 0. The highest BCUT2D eigenvalue weighted by Crippen LogP contribution is 2.27. The number of fused-ring (bicyclic) bond motifs is 3. The fourth-order valence-electron chi connectivity index (χ4n) is 2.85. The largest absolute Gasteiger partial charge is 0.243 e. The van der Waals surface area contributed by atoms with Crippen LogP contribution in [0, 0.1) is 13.8 Å². The predicted octanol–water partition coefficient (Wildman–Crippen LogP) is 4.18. The Morgan fingerprint density at radius 2 is 1.73 bits per heavy atom. The molecule has 0 aliphatic heterocycles. The predicted molar refractivity (Wildman–Crippen MR) is 93.1 cm³/mol. The highest BCUT2D eigenvalue weighted by molar-refractivity contribution is 6.11. The molecule has 0 amide bonds. The van der Waals surface area contributed by atoms with Gasteiger partial charge in [-0.25, -0.2) is 9.13 Å². The van der Waals surface area contributed by atoms with E-state index in [1.165, 1.54) is 32.9 Å². The summed E-state index contributed by atoms with van der Waals surface area (Å²) in [6, 6.07) is 19.3. The molecule has 1 heterocycles. The van der Waals surface area contributed by atoms with Crippen molar-refractivity contribution in [3.05, 3.63) is 72.3 Å². The van der Waals surface area contributed by atoms with Crippen molar-refractivity contribution in [2.24, 2.45) is 14.1 Å². The van der Waals surface area contributed by atoms with Gasteiger partial charge in [-0.2, -0.15) is 0 Å².